The number of hydrogen-bond donors (Lipinski definition) is 3. The Morgan fingerprint density at radius 3 is 2.76 bits per heavy atom. The van der Waals surface area contributed by atoms with E-state index in [9.17, 15) is 19.1 Å². The van der Waals surface area contributed by atoms with Crippen LogP contribution in [0.2, 0.25) is 0 Å². The molecular weight excluding hydrogens is 379 g/mol. The highest BCUT2D eigenvalue weighted by atomic mass is 19.1. The van der Waals surface area contributed by atoms with Crippen LogP contribution in [0.3, 0.4) is 0 Å². The van der Waals surface area contributed by atoms with Gasteiger partial charge in [-0.2, -0.15) is 0 Å². The highest BCUT2D eigenvalue weighted by molar-refractivity contribution is 5.94. The minimum atomic E-state index is -0.598. The van der Waals surface area contributed by atoms with Crippen LogP contribution in [0.15, 0.2) is 42.9 Å². The second-order valence-corrected chi connectivity index (χ2v) is 6.75. The van der Waals surface area contributed by atoms with E-state index in [2.05, 4.69) is 20.6 Å². The predicted molar refractivity (Wildman–Crippen MR) is 102 cm³/mol. The van der Waals surface area contributed by atoms with Gasteiger partial charge in [-0.3, -0.25) is 14.6 Å². The number of hydrogen-bond acceptors (Lipinski definition) is 6. The van der Waals surface area contributed by atoms with Crippen LogP contribution >= 0.6 is 0 Å². The van der Waals surface area contributed by atoms with E-state index in [-0.39, 0.29) is 29.9 Å². The molecule has 0 aliphatic carbocycles. The minimum Gasteiger partial charge on any atom is -0.394 e. The molecule has 0 unspecified atom stereocenters. The van der Waals surface area contributed by atoms with Crippen molar-refractivity contribution in [3.63, 3.8) is 0 Å². The Kier molecular flexibility index (Phi) is 7.20. The lowest BCUT2D eigenvalue weighted by atomic mass is 9.96. The van der Waals surface area contributed by atoms with Crippen molar-refractivity contribution < 1.29 is 23.8 Å². The lowest BCUT2D eigenvalue weighted by molar-refractivity contribution is -0.0893. The number of nitrogens with one attached hydrogen (secondary N) is 2. The van der Waals surface area contributed by atoms with E-state index in [1.807, 2.05) is 0 Å². The van der Waals surface area contributed by atoms with Crippen molar-refractivity contribution in [3.05, 3.63) is 59.9 Å². The molecular formula is C20H23FN4O4. The molecule has 1 saturated heterocycles. The van der Waals surface area contributed by atoms with Gasteiger partial charge in [0.25, 0.3) is 11.8 Å². The number of ether oxygens (including phenoxy) is 1. The average Bonchev–Trinajstić information content (AvgIpc) is 2.75. The smallest absolute Gasteiger partial charge is 0.271 e. The third-order valence-electron chi connectivity index (χ3n) is 4.78. The van der Waals surface area contributed by atoms with Crippen LogP contribution in [0.4, 0.5) is 4.39 Å². The molecule has 8 nitrogen and oxygen atoms in total. The van der Waals surface area contributed by atoms with Gasteiger partial charge in [0, 0.05) is 18.9 Å². The maximum Gasteiger partial charge on any atom is 0.271 e. The van der Waals surface area contributed by atoms with Crippen molar-refractivity contribution in [3.8, 4) is 0 Å². The third-order valence-corrected chi connectivity index (χ3v) is 4.78. The molecule has 3 rings (SSSR count). The van der Waals surface area contributed by atoms with Crippen molar-refractivity contribution in [2.45, 2.75) is 37.5 Å². The largest absolute Gasteiger partial charge is 0.394 e. The first kappa shape index (κ1) is 20.8. The molecule has 0 spiro atoms. The fraction of sp³-hybridized carbons (Fsp3) is 0.400. The van der Waals surface area contributed by atoms with Crippen LogP contribution in [0.1, 0.15) is 40.1 Å². The summed E-state index contributed by atoms with van der Waals surface area (Å²) in [6, 6.07) is 5.31. The SMILES string of the molecule is O=C(NCC[C@@H]1CC[C@@H](NC(=O)c2ccccc2F)[C@@H](CO)O1)c1cnccn1. The molecule has 29 heavy (non-hydrogen) atoms. The fourth-order valence-corrected chi connectivity index (χ4v) is 3.25. The van der Waals surface area contributed by atoms with Gasteiger partial charge in [-0.1, -0.05) is 12.1 Å². The zero-order chi connectivity index (χ0) is 20.6. The molecule has 1 aliphatic rings. The molecule has 0 saturated carbocycles. The molecule has 2 amide bonds. The van der Waals surface area contributed by atoms with Crippen LogP contribution in [0.5, 0.6) is 0 Å². The number of amides is 2. The maximum absolute atomic E-state index is 13.8. The fourth-order valence-electron chi connectivity index (χ4n) is 3.25. The molecule has 2 heterocycles. The normalized spacial score (nSPS) is 21.4. The van der Waals surface area contributed by atoms with Crippen LogP contribution in [-0.2, 0) is 4.74 Å². The highest BCUT2D eigenvalue weighted by Gasteiger charge is 2.32. The number of nitrogens with zero attached hydrogens (tertiary/aromatic N) is 2. The van der Waals surface area contributed by atoms with E-state index < -0.39 is 23.9 Å². The van der Waals surface area contributed by atoms with Crippen LogP contribution < -0.4 is 10.6 Å². The second kappa shape index (κ2) is 10.0. The molecule has 9 heteroatoms. The number of rotatable bonds is 7. The Labute approximate surface area is 167 Å². The van der Waals surface area contributed by atoms with Crippen LogP contribution in [0, 0.1) is 5.82 Å². The summed E-state index contributed by atoms with van der Waals surface area (Å²) in [5.74, 6) is -1.45. The molecule has 3 atom stereocenters. The Hall–Kier alpha value is -2.91. The number of benzene rings is 1. The number of aromatic nitrogens is 2. The second-order valence-electron chi connectivity index (χ2n) is 6.75. The van der Waals surface area contributed by atoms with Gasteiger partial charge < -0.3 is 20.5 Å². The zero-order valence-electron chi connectivity index (χ0n) is 15.8. The first-order chi connectivity index (χ1) is 14.1. The Balaban J connectivity index is 1.47. The van der Waals surface area contributed by atoms with Crippen molar-refractivity contribution in [2.75, 3.05) is 13.2 Å². The number of carbonyl (C=O) groups is 2. The quantitative estimate of drug-likeness (QED) is 0.639. The van der Waals surface area contributed by atoms with E-state index >= 15 is 0 Å². The first-order valence-electron chi connectivity index (χ1n) is 9.44. The molecule has 1 fully saturated rings. The molecule has 1 aromatic heterocycles. The van der Waals surface area contributed by atoms with Gasteiger partial charge in [-0.15, -0.1) is 0 Å². The monoisotopic (exact) mass is 402 g/mol. The number of carbonyl (C=O) groups excluding carboxylic acids is 2. The molecule has 1 aromatic carbocycles. The van der Waals surface area contributed by atoms with E-state index in [1.165, 1.54) is 36.8 Å². The summed E-state index contributed by atoms with van der Waals surface area (Å²) >= 11 is 0. The van der Waals surface area contributed by atoms with Crippen molar-refractivity contribution in [2.24, 2.45) is 0 Å². The van der Waals surface area contributed by atoms with Gasteiger partial charge in [0.1, 0.15) is 17.6 Å². The lowest BCUT2D eigenvalue weighted by Gasteiger charge is -2.36. The minimum absolute atomic E-state index is 0.0435. The standard InChI is InChI=1S/C20H23FN4O4/c21-15-4-2-1-3-14(15)19(27)25-16-6-5-13(29-18(16)12-26)7-8-24-20(28)17-11-22-9-10-23-17/h1-4,9-11,13,16,18,26H,5-8,12H2,(H,24,28)(H,25,27)/t13-,16+,18+/m0/s1. The van der Waals surface area contributed by atoms with Gasteiger partial charge in [0.05, 0.1) is 30.5 Å². The molecule has 154 valence electrons. The maximum atomic E-state index is 13.8. The Bertz CT molecular complexity index is 836. The molecule has 0 radical (unpaired) electrons. The van der Waals surface area contributed by atoms with Crippen LogP contribution in [0.25, 0.3) is 0 Å². The summed E-state index contributed by atoms with van der Waals surface area (Å²) < 4.78 is 19.6. The molecule has 0 bridgehead atoms. The van der Waals surface area contributed by atoms with E-state index in [0.29, 0.717) is 25.8 Å². The summed E-state index contributed by atoms with van der Waals surface area (Å²) in [5.41, 5.74) is 0.194. The average molecular weight is 402 g/mol. The van der Waals surface area contributed by atoms with Crippen molar-refractivity contribution >= 4 is 11.8 Å². The molecule has 1 aliphatic heterocycles. The van der Waals surface area contributed by atoms with Crippen molar-refractivity contribution in [1.82, 2.24) is 20.6 Å². The van der Waals surface area contributed by atoms with E-state index in [4.69, 9.17) is 4.74 Å². The van der Waals surface area contributed by atoms with Gasteiger partial charge in [0.2, 0.25) is 0 Å². The van der Waals surface area contributed by atoms with Gasteiger partial charge >= 0.3 is 0 Å². The van der Waals surface area contributed by atoms with Gasteiger partial charge in [-0.05, 0) is 31.4 Å². The van der Waals surface area contributed by atoms with Gasteiger partial charge in [0.15, 0.2) is 0 Å². The molecule has 2 aromatic rings. The summed E-state index contributed by atoms with van der Waals surface area (Å²) in [6.45, 7) is 0.106. The predicted octanol–water partition coefficient (Wildman–Crippen LogP) is 1.07. The lowest BCUT2D eigenvalue weighted by Crippen LogP contribution is -2.51. The summed E-state index contributed by atoms with van der Waals surface area (Å²) in [4.78, 5) is 32.1. The number of aliphatic hydroxyl groups is 1. The zero-order valence-corrected chi connectivity index (χ0v) is 15.8. The summed E-state index contributed by atoms with van der Waals surface area (Å²) in [6.07, 6.45) is 5.32. The highest BCUT2D eigenvalue weighted by Crippen LogP contribution is 2.22. The number of aliphatic hydroxyl groups excluding tert-OH is 1. The number of halogens is 1. The molecule has 3 N–H and O–H groups in total. The van der Waals surface area contributed by atoms with Crippen LogP contribution in [-0.4, -0.2) is 58.3 Å². The van der Waals surface area contributed by atoms with E-state index in [1.54, 1.807) is 6.07 Å². The topological polar surface area (TPSA) is 113 Å². The summed E-state index contributed by atoms with van der Waals surface area (Å²) in [7, 11) is 0. The Morgan fingerprint density at radius 1 is 1.21 bits per heavy atom. The van der Waals surface area contributed by atoms with Crippen molar-refractivity contribution in [1.29, 1.82) is 0 Å². The van der Waals surface area contributed by atoms with E-state index in [0.717, 1.165) is 0 Å². The van der Waals surface area contributed by atoms with Gasteiger partial charge in [-0.25, -0.2) is 9.37 Å². The third kappa shape index (κ3) is 5.55. The Morgan fingerprint density at radius 2 is 2.03 bits per heavy atom. The summed E-state index contributed by atoms with van der Waals surface area (Å²) in [5, 5.41) is 15.1. The first-order valence-corrected chi connectivity index (χ1v) is 9.44.